The van der Waals surface area contributed by atoms with Crippen molar-refractivity contribution in [3.8, 4) is 5.75 Å². The first-order valence-corrected chi connectivity index (χ1v) is 7.95. The molecule has 1 fully saturated rings. The van der Waals surface area contributed by atoms with E-state index in [1.54, 1.807) is 11.3 Å². The number of thiazole rings is 1. The molecule has 1 aromatic carbocycles. The minimum absolute atomic E-state index is 0.546. The van der Waals surface area contributed by atoms with Gasteiger partial charge in [0.1, 0.15) is 17.4 Å². The van der Waals surface area contributed by atoms with Crippen LogP contribution < -0.4 is 10.1 Å². The van der Waals surface area contributed by atoms with Crippen LogP contribution in [-0.4, -0.2) is 11.0 Å². The molecule has 0 aliphatic heterocycles. The fourth-order valence-corrected chi connectivity index (χ4v) is 2.76. The molecule has 0 saturated heterocycles. The van der Waals surface area contributed by atoms with Crippen molar-refractivity contribution in [2.75, 3.05) is 0 Å². The SMILES string of the molecule is Cc1ccc(C)c(OCc2csc(CNC3CC3)n2)c1. The maximum Gasteiger partial charge on any atom is 0.131 e. The molecule has 1 aromatic heterocycles. The molecule has 106 valence electrons. The van der Waals surface area contributed by atoms with E-state index in [9.17, 15) is 0 Å². The minimum atomic E-state index is 0.546. The quantitative estimate of drug-likeness (QED) is 0.882. The second-order valence-corrected chi connectivity index (χ2v) is 6.39. The Morgan fingerprint density at radius 3 is 3.00 bits per heavy atom. The number of nitrogens with zero attached hydrogens (tertiary/aromatic N) is 1. The summed E-state index contributed by atoms with van der Waals surface area (Å²) in [6, 6.07) is 7.01. The zero-order valence-electron chi connectivity index (χ0n) is 12.0. The first kappa shape index (κ1) is 13.6. The molecule has 0 unspecified atom stereocenters. The Bertz CT molecular complexity index is 590. The van der Waals surface area contributed by atoms with Crippen molar-refractivity contribution in [3.63, 3.8) is 0 Å². The molecule has 1 aliphatic carbocycles. The highest BCUT2D eigenvalue weighted by molar-refractivity contribution is 7.09. The van der Waals surface area contributed by atoms with Crippen molar-refractivity contribution < 1.29 is 4.74 Å². The molecule has 3 nitrogen and oxygen atoms in total. The molecule has 2 aromatic rings. The van der Waals surface area contributed by atoms with Crippen LogP contribution in [0.5, 0.6) is 5.75 Å². The molecule has 1 N–H and O–H groups in total. The van der Waals surface area contributed by atoms with Gasteiger partial charge in [0.15, 0.2) is 0 Å². The highest BCUT2D eigenvalue weighted by atomic mass is 32.1. The third-order valence-electron chi connectivity index (χ3n) is 3.44. The monoisotopic (exact) mass is 288 g/mol. The Morgan fingerprint density at radius 1 is 1.35 bits per heavy atom. The molecule has 20 heavy (non-hydrogen) atoms. The fraction of sp³-hybridized carbons (Fsp3) is 0.438. The Labute approximate surface area is 124 Å². The Kier molecular flexibility index (Phi) is 4.03. The Balaban J connectivity index is 1.55. The van der Waals surface area contributed by atoms with E-state index in [0.717, 1.165) is 29.0 Å². The Hall–Kier alpha value is -1.39. The molecule has 0 atom stereocenters. The van der Waals surface area contributed by atoms with E-state index in [2.05, 4.69) is 47.7 Å². The van der Waals surface area contributed by atoms with Crippen LogP contribution in [0.15, 0.2) is 23.6 Å². The third kappa shape index (κ3) is 3.58. The molecule has 1 saturated carbocycles. The van der Waals surface area contributed by atoms with Gasteiger partial charge in [0.2, 0.25) is 0 Å². The zero-order valence-corrected chi connectivity index (χ0v) is 12.8. The summed E-state index contributed by atoms with van der Waals surface area (Å²) in [6.07, 6.45) is 2.63. The van der Waals surface area contributed by atoms with Crippen molar-refractivity contribution in [3.05, 3.63) is 45.4 Å². The molecule has 1 aliphatic rings. The molecule has 1 heterocycles. The normalized spacial score (nSPS) is 14.5. The predicted molar refractivity (Wildman–Crippen MR) is 82.2 cm³/mol. The molecular weight excluding hydrogens is 268 g/mol. The molecule has 3 rings (SSSR count). The van der Waals surface area contributed by atoms with Crippen LogP contribution in [0, 0.1) is 13.8 Å². The number of nitrogens with one attached hydrogen (secondary N) is 1. The maximum absolute atomic E-state index is 5.88. The van der Waals surface area contributed by atoms with Gasteiger partial charge in [-0.15, -0.1) is 11.3 Å². The lowest BCUT2D eigenvalue weighted by molar-refractivity contribution is 0.299. The van der Waals surface area contributed by atoms with Crippen LogP contribution in [0.2, 0.25) is 0 Å². The number of aromatic nitrogens is 1. The summed E-state index contributed by atoms with van der Waals surface area (Å²) >= 11 is 1.71. The van der Waals surface area contributed by atoms with Gasteiger partial charge in [0.25, 0.3) is 0 Å². The van der Waals surface area contributed by atoms with E-state index >= 15 is 0 Å². The van der Waals surface area contributed by atoms with Gasteiger partial charge in [-0.2, -0.15) is 0 Å². The van der Waals surface area contributed by atoms with Crippen LogP contribution in [0.3, 0.4) is 0 Å². The third-order valence-corrected chi connectivity index (χ3v) is 4.34. The highest BCUT2D eigenvalue weighted by Gasteiger charge is 2.20. The van der Waals surface area contributed by atoms with Gasteiger partial charge in [0, 0.05) is 18.0 Å². The number of aryl methyl sites for hydroxylation is 2. The van der Waals surface area contributed by atoms with E-state index in [1.165, 1.54) is 24.0 Å². The zero-order chi connectivity index (χ0) is 13.9. The summed E-state index contributed by atoms with van der Waals surface area (Å²) in [5.41, 5.74) is 3.41. The Morgan fingerprint density at radius 2 is 2.20 bits per heavy atom. The lowest BCUT2D eigenvalue weighted by atomic mass is 10.1. The molecular formula is C16H20N2OS. The summed E-state index contributed by atoms with van der Waals surface area (Å²) in [4.78, 5) is 4.61. The standard InChI is InChI=1S/C16H20N2OS/c1-11-3-4-12(2)15(7-11)19-9-14-10-20-16(18-14)8-17-13-5-6-13/h3-4,7,10,13,17H,5-6,8-9H2,1-2H3. The van der Waals surface area contributed by atoms with Crippen LogP contribution in [-0.2, 0) is 13.2 Å². The van der Waals surface area contributed by atoms with Crippen molar-refractivity contribution in [2.24, 2.45) is 0 Å². The summed E-state index contributed by atoms with van der Waals surface area (Å²) < 4.78 is 5.88. The minimum Gasteiger partial charge on any atom is -0.487 e. The van der Waals surface area contributed by atoms with Crippen molar-refractivity contribution in [1.29, 1.82) is 0 Å². The lowest BCUT2D eigenvalue weighted by Gasteiger charge is -2.08. The fourth-order valence-electron chi connectivity index (χ4n) is 2.03. The maximum atomic E-state index is 5.88. The predicted octanol–water partition coefficient (Wildman–Crippen LogP) is 3.59. The van der Waals surface area contributed by atoms with E-state index in [1.807, 2.05) is 0 Å². The molecule has 0 spiro atoms. The summed E-state index contributed by atoms with van der Waals surface area (Å²) in [7, 11) is 0. The molecule has 0 bridgehead atoms. The second-order valence-electron chi connectivity index (χ2n) is 5.45. The highest BCUT2D eigenvalue weighted by Crippen LogP contribution is 2.22. The largest absolute Gasteiger partial charge is 0.487 e. The van der Waals surface area contributed by atoms with Crippen molar-refractivity contribution in [1.82, 2.24) is 10.3 Å². The molecule has 4 heteroatoms. The van der Waals surface area contributed by atoms with E-state index in [0.29, 0.717) is 6.61 Å². The van der Waals surface area contributed by atoms with Gasteiger partial charge >= 0.3 is 0 Å². The van der Waals surface area contributed by atoms with E-state index in [-0.39, 0.29) is 0 Å². The average Bonchev–Trinajstić information content (AvgIpc) is 3.16. The summed E-state index contributed by atoms with van der Waals surface area (Å²) in [5, 5.41) is 6.73. The molecule has 0 amide bonds. The smallest absolute Gasteiger partial charge is 0.131 e. The average molecular weight is 288 g/mol. The first-order chi connectivity index (χ1) is 9.70. The van der Waals surface area contributed by atoms with E-state index < -0.39 is 0 Å². The summed E-state index contributed by atoms with van der Waals surface area (Å²) in [6.45, 7) is 5.58. The topological polar surface area (TPSA) is 34.1 Å². The van der Waals surface area contributed by atoms with Gasteiger partial charge in [-0.05, 0) is 43.9 Å². The van der Waals surface area contributed by atoms with Crippen LogP contribution in [0.4, 0.5) is 0 Å². The van der Waals surface area contributed by atoms with Crippen molar-refractivity contribution >= 4 is 11.3 Å². The van der Waals surface area contributed by atoms with Gasteiger partial charge in [0.05, 0.1) is 5.69 Å². The molecule has 0 radical (unpaired) electrons. The number of benzene rings is 1. The lowest BCUT2D eigenvalue weighted by Crippen LogP contribution is -2.15. The van der Waals surface area contributed by atoms with Crippen LogP contribution >= 0.6 is 11.3 Å². The second kappa shape index (κ2) is 5.94. The van der Waals surface area contributed by atoms with Gasteiger partial charge in [-0.3, -0.25) is 0 Å². The van der Waals surface area contributed by atoms with Gasteiger partial charge in [-0.1, -0.05) is 12.1 Å². The number of hydrogen-bond donors (Lipinski definition) is 1. The number of hydrogen-bond acceptors (Lipinski definition) is 4. The number of ether oxygens (including phenoxy) is 1. The van der Waals surface area contributed by atoms with Crippen molar-refractivity contribution in [2.45, 2.75) is 45.9 Å². The van der Waals surface area contributed by atoms with Gasteiger partial charge in [-0.25, -0.2) is 4.98 Å². The van der Waals surface area contributed by atoms with Crippen LogP contribution in [0.25, 0.3) is 0 Å². The number of rotatable bonds is 6. The first-order valence-electron chi connectivity index (χ1n) is 7.07. The summed E-state index contributed by atoms with van der Waals surface area (Å²) in [5.74, 6) is 0.954. The van der Waals surface area contributed by atoms with Crippen LogP contribution in [0.1, 0.15) is 34.7 Å². The van der Waals surface area contributed by atoms with E-state index in [4.69, 9.17) is 4.74 Å². The van der Waals surface area contributed by atoms with Gasteiger partial charge < -0.3 is 10.1 Å².